The van der Waals surface area contributed by atoms with Crippen LogP contribution in [-0.2, 0) is 0 Å². The Morgan fingerprint density at radius 2 is 0.783 bits per heavy atom. The van der Waals surface area contributed by atoms with E-state index in [-0.39, 0.29) is 0 Å². The summed E-state index contributed by atoms with van der Waals surface area (Å²) in [7, 11) is 0. The molecule has 0 amide bonds. The molecule has 1 heterocycles. The Morgan fingerprint density at radius 3 is 1.37 bits per heavy atom. The first-order valence-corrected chi connectivity index (χ1v) is 15.8. The summed E-state index contributed by atoms with van der Waals surface area (Å²) < 4.78 is 0. The van der Waals surface area contributed by atoms with Crippen molar-refractivity contribution in [3.8, 4) is 44.6 Å². The van der Waals surface area contributed by atoms with Crippen molar-refractivity contribution in [2.45, 2.75) is 0 Å². The summed E-state index contributed by atoms with van der Waals surface area (Å²) in [5, 5.41) is 8.70. The number of fused-ring (bicyclic) bond motifs is 5. The molecule has 0 radical (unpaired) electrons. The van der Waals surface area contributed by atoms with Gasteiger partial charge >= 0.3 is 0 Å². The van der Waals surface area contributed by atoms with Crippen LogP contribution in [0.5, 0.6) is 0 Å². The Kier molecular flexibility index (Phi) is 6.21. The Bertz CT molecular complexity index is 2490. The summed E-state index contributed by atoms with van der Waals surface area (Å²) in [6, 6.07) is 63.3. The Labute approximate surface area is 268 Å². The van der Waals surface area contributed by atoms with Gasteiger partial charge in [-0.1, -0.05) is 164 Å². The Morgan fingerprint density at radius 1 is 0.326 bits per heavy atom. The van der Waals surface area contributed by atoms with E-state index >= 15 is 0 Å². The minimum atomic E-state index is 0.982. The molecule has 0 N–H and O–H groups in total. The first-order chi connectivity index (χ1) is 22.8. The fourth-order valence-corrected chi connectivity index (χ4v) is 7.16. The topological polar surface area (TPSA) is 12.9 Å². The minimum absolute atomic E-state index is 0.982. The van der Waals surface area contributed by atoms with Gasteiger partial charge in [-0.05, 0) is 77.8 Å². The fraction of sp³-hybridized carbons (Fsp3) is 0. The van der Waals surface area contributed by atoms with Crippen LogP contribution >= 0.6 is 0 Å². The first-order valence-electron chi connectivity index (χ1n) is 15.8. The van der Waals surface area contributed by atoms with E-state index in [1.165, 1.54) is 71.1 Å². The SMILES string of the molecule is c1ccc(-c2cc(-c3ccc(-c4c5ccccc5c(-c5ccccc5)c5ccccc45)cc3)c3c(ccc4ccccc43)n2)cc1. The van der Waals surface area contributed by atoms with Crippen molar-refractivity contribution >= 4 is 43.2 Å². The van der Waals surface area contributed by atoms with Gasteiger partial charge < -0.3 is 0 Å². The van der Waals surface area contributed by atoms with E-state index in [1.807, 2.05) is 0 Å². The number of benzene rings is 8. The standard InChI is InChI=1S/C45H29N/c1-3-14-32(15-4-1)42-29-40(45-35-18-8-7-13-30(35)27-28-41(45)46-42)31-23-25-34(26-24-31)44-38-21-11-9-19-36(38)43(33-16-5-2-6-17-33)37-20-10-12-22-39(37)44/h1-29H. The number of hydrogen-bond acceptors (Lipinski definition) is 1. The molecule has 0 saturated heterocycles. The largest absolute Gasteiger partial charge is 0.248 e. The predicted molar refractivity (Wildman–Crippen MR) is 196 cm³/mol. The van der Waals surface area contributed by atoms with E-state index in [1.54, 1.807) is 0 Å². The monoisotopic (exact) mass is 583 g/mol. The van der Waals surface area contributed by atoms with E-state index in [4.69, 9.17) is 4.98 Å². The van der Waals surface area contributed by atoms with E-state index in [0.29, 0.717) is 0 Å². The van der Waals surface area contributed by atoms with Gasteiger partial charge in [-0.2, -0.15) is 0 Å². The lowest BCUT2D eigenvalue weighted by molar-refractivity contribution is 1.40. The fourth-order valence-electron chi connectivity index (χ4n) is 7.16. The van der Waals surface area contributed by atoms with Crippen molar-refractivity contribution in [2.75, 3.05) is 0 Å². The van der Waals surface area contributed by atoms with Crippen molar-refractivity contribution in [3.63, 3.8) is 0 Å². The molecule has 0 fully saturated rings. The molecule has 1 nitrogen and oxygen atoms in total. The highest BCUT2D eigenvalue weighted by Gasteiger charge is 2.17. The Balaban J connectivity index is 1.28. The third-order valence-corrected chi connectivity index (χ3v) is 9.25. The number of pyridine rings is 1. The van der Waals surface area contributed by atoms with Crippen LogP contribution in [0, 0.1) is 0 Å². The molecular formula is C45H29N. The zero-order chi connectivity index (χ0) is 30.5. The number of rotatable bonds is 4. The Hall–Kier alpha value is -6.05. The van der Waals surface area contributed by atoms with Crippen LogP contribution in [0.3, 0.4) is 0 Å². The lowest BCUT2D eigenvalue weighted by atomic mass is 9.85. The second-order valence-electron chi connectivity index (χ2n) is 11.9. The second kappa shape index (κ2) is 10.8. The normalized spacial score (nSPS) is 11.5. The van der Waals surface area contributed by atoms with Crippen molar-refractivity contribution in [1.82, 2.24) is 4.98 Å². The lowest BCUT2D eigenvalue weighted by Crippen LogP contribution is -1.92. The van der Waals surface area contributed by atoms with Crippen molar-refractivity contribution in [2.24, 2.45) is 0 Å². The van der Waals surface area contributed by atoms with Gasteiger partial charge in [-0.25, -0.2) is 4.98 Å². The van der Waals surface area contributed by atoms with Crippen LogP contribution in [0.25, 0.3) is 87.9 Å². The second-order valence-corrected chi connectivity index (χ2v) is 11.9. The van der Waals surface area contributed by atoms with Gasteiger partial charge in [0.05, 0.1) is 11.2 Å². The molecule has 0 unspecified atom stereocenters. The van der Waals surface area contributed by atoms with Crippen LogP contribution < -0.4 is 0 Å². The molecule has 214 valence electrons. The van der Waals surface area contributed by atoms with E-state index < -0.39 is 0 Å². The van der Waals surface area contributed by atoms with Crippen molar-refractivity contribution in [3.05, 3.63) is 176 Å². The van der Waals surface area contributed by atoms with Crippen molar-refractivity contribution in [1.29, 1.82) is 0 Å². The average molecular weight is 584 g/mol. The van der Waals surface area contributed by atoms with Gasteiger partial charge in [-0.3, -0.25) is 0 Å². The molecule has 8 aromatic carbocycles. The van der Waals surface area contributed by atoms with Gasteiger partial charge in [0.2, 0.25) is 0 Å². The maximum atomic E-state index is 5.15. The van der Waals surface area contributed by atoms with Crippen LogP contribution in [0.2, 0.25) is 0 Å². The highest BCUT2D eigenvalue weighted by molar-refractivity contribution is 6.21. The van der Waals surface area contributed by atoms with Crippen LogP contribution in [0.4, 0.5) is 0 Å². The number of aromatic nitrogens is 1. The van der Waals surface area contributed by atoms with E-state index in [9.17, 15) is 0 Å². The summed E-state index contributed by atoms with van der Waals surface area (Å²) in [4.78, 5) is 5.15. The predicted octanol–water partition coefficient (Wildman–Crippen LogP) is 12.4. The molecule has 0 spiro atoms. The highest BCUT2D eigenvalue weighted by Crippen LogP contribution is 2.44. The molecule has 1 heteroatoms. The maximum absolute atomic E-state index is 5.15. The molecule has 0 aliphatic carbocycles. The summed E-state index contributed by atoms with van der Waals surface area (Å²) in [5.74, 6) is 0. The van der Waals surface area contributed by atoms with Gasteiger partial charge in [0.1, 0.15) is 0 Å². The number of nitrogens with zero attached hydrogens (tertiary/aromatic N) is 1. The molecule has 9 rings (SSSR count). The number of hydrogen-bond donors (Lipinski definition) is 0. The molecular weight excluding hydrogens is 555 g/mol. The molecule has 0 aliphatic rings. The zero-order valence-corrected chi connectivity index (χ0v) is 25.2. The van der Waals surface area contributed by atoms with Crippen LogP contribution in [0.1, 0.15) is 0 Å². The quantitative estimate of drug-likeness (QED) is 0.148. The molecule has 0 atom stereocenters. The highest BCUT2D eigenvalue weighted by atomic mass is 14.7. The van der Waals surface area contributed by atoms with E-state index in [2.05, 4.69) is 176 Å². The van der Waals surface area contributed by atoms with Gasteiger partial charge in [0.15, 0.2) is 0 Å². The zero-order valence-electron chi connectivity index (χ0n) is 25.2. The average Bonchev–Trinajstić information content (AvgIpc) is 3.14. The first kappa shape index (κ1) is 26.4. The van der Waals surface area contributed by atoms with Crippen LogP contribution in [0.15, 0.2) is 176 Å². The van der Waals surface area contributed by atoms with Crippen molar-refractivity contribution < 1.29 is 0 Å². The third-order valence-electron chi connectivity index (χ3n) is 9.25. The molecule has 0 saturated carbocycles. The van der Waals surface area contributed by atoms with Crippen LogP contribution in [-0.4, -0.2) is 4.98 Å². The minimum Gasteiger partial charge on any atom is -0.248 e. The molecule has 46 heavy (non-hydrogen) atoms. The summed E-state index contributed by atoms with van der Waals surface area (Å²) in [6.45, 7) is 0. The summed E-state index contributed by atoms with van der Waals surface area (Å²) in [5.41, 5.74) is 10.5. The summed E-state index contributed by atoms with van der Waals surface area (Å²) in [6.07, 6.45) is 0. The van der Waals surface area contributed by atoms with E-state index in [0.717, 1.165) is 16.8 Å². The lowest BCUT2D eigenvalue weighted by Gasteiger charge is -2.18. The molecule has 0 bridgehead atoms. The van der Waals surface area contributed by atoms with Gasteiger partial charge in [0.25, 0.3) is 0 Å². The molecule has 9 aromatic rings. The molecule has 1 aromatic heterocycles. The summed E-state index contributed by atoms with van der Waals surface area (Å²) >= 11 is 0. The third kappa shape index (κ3) is 4.29. The maximum Gasteiger partial charge on any atom is 0.0722 e. The molecule has 0 aliphatic heterocycles. The smallest absolute Gasteiger partial charge is 0.0722 e. The van der Waals surface area contributed by atoms with Gasteiger partial charge in [-0.15, -0.1) is 0 Å². The van der Waals surface area contributed by atoms with Gasteiger partial charge in [0, 0.05) is 10.9 Å².